The van der Waals surface area contributed by atoms with E-state index in [1.54, 1.807) is 0 Å². The third-order valence-corrected chi connectivity index (χ3v) is 3.77. The third kappa shape index (κ3) is 4.48. The first-order valence-electron chi connectivity index (χ1n) is 6.72. The summed E-state index contributed by atoms with van der Waals surface area (Å²) in [4.78, 5) is 0. The molecule has 2 aromatic rings. The van der Waals surface area contributed by atoms with E-state index in [2.05, 4.69) is 71.4 Å². The Labute approximate surface area is 124 Å². The summed E-state index contributed by atoms with van der Waals surface area (Å²) in [5, 5.41) is 0. The Morgan fingerprint density at radius 1 is 1.11 bits per heavy atom. The van der Waals surface area contributed by atoms with Gasteiger partial charge in [0.1, 0.15) is 0 Å². The van der Waals surface area contributed by atoms with Gasteiger partial charge in [-0.25, -0.2) is 0 Å². The van der Waals surface area contributed by atoms with Crippen molar-refractivity contribution < 1.29 is 0 Å². The molecule has 0 spiro atoms. The molecule has 0 saturated carbocycles. The summed E-state index contributed by atoms with van der Waals surface area (Å²) in [5.74, 6) is 0. The molecule has 0 saturated heterocycles. The molecule has 0 amide bonds. The maximum Gasteiger partial charge on any atom is 0.0295 e. The van der Waals surface area contributed by atoms with Gasteiger partial charge in [-0.2, -0.15) is 0 Å². The quantitative estimate of drug-likeness (QED) is 0.843. The van der Waals surface area contributed by atoms with Crippen LogP contribution < -0.4 is 5.73 Å². The molecule has 0 aliphatic heterocycles. The highest BCUT2D eigenvalue weighted by Gasteiger charge is 2.07. The Morgan fingerprint density at radius 2 is 1.84 bits per heavy atom. The van der Waals surface area contributed by atoms with E-state index in [0.717, 1.165) is 23.7 Å². The molecule has 2 N–H and O–H groups in total. The van der Waals surface area contributed by atoms with Gasteiger partial charge in [0, 0.05) is 10.5 Å². The van der Waals surface area contributed by atoms with E-state index >= 15 is 0 Å². The lowest BCUT2D eigenvalue weighted by Crippen LogP contribution is -2.10. The van der Waals surface area contributed by atoms with Crippen LogP contribution in [0.15, 0.2) is 53.0 Å². The SMILES string of the molecule is Cc1cc(Br)cc(C(N)CCCc2ccccc2)c1. The molecule has 0 bridgehead atoms. The van der Waals surface area contributed by atoms with Gasteiger partial charge in [0.2, 0.25) is 0 Å². The standard InChI is InChI=1S/C17H20BrN/c1-13-10-15(12-16(18)11-13)17(19)9-5-8-14-6-3-2-4-7-14/h2-4,6-7,10-12,17H,5,8-9,19H2,1H3. The smallest absolute Gasteiger partial charge is 0.0295 e. The zero-order chi connectivity index (χ0) is 13.7. The van der Waals surface area contributed by atoms with Crippen molar-refractivity contribution in [3.63, 3.8) is 0 Å². The van der Waals surface area contributed by atoms with E-state index in [4.69, 9.17) is 5.73 Å². The second kappa shape index (κ2) is 6.88. The van der Waals surface area contributed by atoms with Crippen LogP contribution in [0.5, 0.6) is 0 Å². The van der Waals surface area contributed by atoms with Crippen molar-refractivity contribution in [3.05, 3.63) is 69.7 Å². The highest BCUT2D eigenvalue weighted by atomic mass is 79.9. The van der Waals surface area contributed by atoms with Crippen molar-refractivity contribution in [2.75, 3.05) is 0 Å². The van der Waals surface area contributed by atoms with Gasteiger partial charge in [-0.15, -0.1) is 0 Å². The predicted molar refractivity (Wildman–Crippen MR) is 85.2 cm³/mol. The van der Waals surface area contributed by atoms with Crippen LogP contribution >= 0.6 is 15.9 Å². The molecule has 19 heavy (non-hydrogen) atoms. The van der Waals surface area contributed by atoms with Crippen LogP contribution in [0.1, 0.15) is 35.6 Å². The molecule has 0 heterocycles. The Bertz CT molecular complexity index is 502. The molecule has 0 aliphatic carbocycles. The minimum Gasteiger partial charge on any atom is -0.324 e. The summed E-state index contributed by atoms with van der Waals surface area (Å²) < 4.78 is 1.11. The van der Waals surface area contributed by atoms with Crippen molar-refractivity contribution in [2.24, 2.45) is 5.73 Å². The van der Waals surface area contributed by atoms with Gasteiger partial charge >= 0.3 is 0 Å². The van der Waals surface area contributed by atoms with Crippen LogP contribution in [-0.4, -0.2) is 0 Å². The Balaban J connectivity index is 1.89. The van der Waals surface area contributed by atoms with Crippen molar-refractivity contribution in [2.45, 2.75) is 32.2 Å². The van der Waals surface area contributed by atoms with E-state index in [1.165, 1.54) is 16.7 Å². The van der Waals surface area contributed by atoms with Crippen molar-refractivity contribution in [1.82, 2.24) is 0 Å². The van der Waals surface area contributed by atoms with Crippen LogP contribution in [0.25, 0.3) is 0 Å². The summed E-state index contributed by atoms with van der Waals surface area (Å²) in [6.45, 7) is 2.10. The predicted octanol–water partition coefficient (Wildman–Crippen LogP) is 4.78. The first-order chi connectivity index (χ1) is 9.15. The van der Waals surface area contributed by atoms with Gasteiger partial charge in [-0.3, -0.25) is 0 Å². The van der Waals surface area contributed by atoms with Crippen LogP contribution in [0, 0.1) is 6.92 Å². The lowest BCUT2D eigenvalue weighted by atomic mass is 9.98. The zero-order valence-electron chi connectivity index (χ0n) is 11.3. The molecule has 100 valence electrons. The van der Waals surface area contributed by atoms with Crippen LogP contribution in [-0.2, 0) is 6.42 Å². The number of benzene rings is 2. The Morgan fingerprint density at radius 3 is 2.53 bits per heavy atom. The summed E-state index contributed by atoms with van der Waals surface area (Å²) >= 11 is 3.53. The van der Waals surface area contributed by atoms with E-state index in [9.17, 15) is 0 Å². The molecule has 1 nitrogen and oxygen atoms in total. The van der Waals surface area contributed by atoms with Crippen LogP contribution in [0.4, 0.5) is 0 Å². The molecule has 1 atom stereocenters. The molecule has 2 aromatic carbocycles. The van der Waals surface area contributed by atoms with Gasteiger partial charge in [0.15, 0.2) is 0 Å². The zero-order valence-corrected chi connectivity index (χ0v) is 12.9. The number of hydrogen-bond donors (Lipinski definition) is 1. The van der Waals surface area contributed by atoms with Crippen LogP contribution in [0.3, 0.4) is 0 Å². The van der Waals surface area contributed by atoms with E-state index in [1.807, 2.05) is 0 Å². The highest BCUT2D eigenvalue weighted by molar-refractivity contribution is 9.10. The Hall–Kier alpha value is -1.12. The van der Waals surface area contributed by atoms with Gasteiger partial charge in [0.25, 0.3) is 0 Å². The van der Waals surface area contributed by atoms with Crippen molar-refractivity contribution in [3.8, 4) is 0 Å². The maximum absolute atomic E-state index is 6.28. The van der Waals surface area contributed by atoms with Gasteiger partial charge < -0.3 is 5.73 Å². The second-order valence-corrected chi connectivity index (χ2v) is 5.96. The molecule has 0 aliphatic rings. The number of aryl methyl sites for hydroxylation is 2. The van der Waals surface area contributed by atoms with Crippen molar-refractivity contribution >= 4 is 15.9 Å². The van der Waals surface area contributed by atoms with E-state index in [-0.39, 0.29) is 6.04 Å². The molecule has 0 fully saturated rings. The summed E-state index contributed by atoms with van der Waals surface area (Å²) in [6, 6.07) is 17.1. The largest absolute Gasteiger partial charge is 0.324 e. The summed E-state index contributed by atoms with van der Waals surface area (Å²) in [7, 11) is 0. The molecule has 2 heteroatoms. The third-order valence-electron chi connectivity index (χ3n) is 3.32. The minimum atomic E-state index is 0.125. The van der Waals surface area contributed by atoms with E-state index < -0.39 is 0 Å². The van der Waals surface area contributed by atoms with Gasteiger partial charge in [0.05, 0.1) is 0 Å². The number of rotatable bonds is 5. The number of hydrogen-bond acceptors (Lipinski definition) is 1. The lowest BCUT2D eigenvalue weighted by Gasteiger charge is -2.13. The van der Waals surface area contributed by atoms with Crippen molar-refractivity contribution in [1.29, 1.82) is 0 Å². The maximum atomic E-state index is 6.28. The molecular formula is C17H20BrN. The fourth-order valence-electron chi connectivity index (χ4n) is 2.32. The fraction of sp³-hybridized carbons (Fsp3) is 0.294. The molecule has 1 unspecified atom stereocenters. The lowest BCUT2D eigenvalue weighted by molar-refractivity contribution is 0.611. The molecule has 2 rings (SSSR count). The highest BCUT2D eigenvalue weighted by Crippen LogP contribution is 2.22. The molecular weight excluding hydrogens is 298 g/mol. The number of nitrogens with two attached hydrogens (primary N) is 1. The average Bonchev–Trinajstić information content (AvgIpc) is 2.38. The minimum absolute atomic E-state index is 0.125. The van der Waals surface area contributed by atoms with Gasteiger partial charge in [-0.1, -0.05) is 52.3 Å². The topological polar surface area (TPSA) is 26.0 Å². The first kappa shape index (κ1) is 14.3. The van der Waals surface area contributed by atoms with Crippen LogP contribution in [0.2, 0.25) is 0 Å². The second-order valence-electron chi connectivity index (χ2n) is 5.05. The normalized spacial score (nSPS) is 12.4. The average molecular weight is 318 g/mol. The van der Waals surface area contributed by atoms with E-state index in [0.29, 0.717) is 0 Å². The molecule has 0 radical (unpaired) electrons. The Kier molecular flexibility index (Phi) is 5.17. The fourth-order valence-corrected chi connectivity index (χ4v) is 2.94. The van der Waals surface area contributed by atoms with Gasteiger partial charge in [-0.05, 0) is 55.0 Å². The first-order valence-corrected chi connectivity index (χ1v) is 7.51. The molecule has 0 aromatic heterocycles. The number of halogens is 1. The monoisotopic (exact) mass is 317 g/mol. The summed E-state index contributed by atoms with van der Waals surface area (Å²) in [6.07, 6.45) is 3.24. The summed E-state index contributed by atoms with van der Waals surface area (Å²) in [5.41, 5.74) is 10.1.